The zero-order valence-electron chi connectivity index (χ0n) is 11.8. The van der Waals surface area contributed by atoms with Crippen LogP contribution in [0.25, 0.3) is 0 Å². The van der Waals surface area contributed by atoms with Crippen molar-refractivity contribution >= 4 is 5.91 Å². The number of benzene rings is 1. The van der Waals surface area contributed by atoms with Gasteiger partial charge in [0.15, 0.2) is 0 Å². The Balaban J connectivity index is 2.03. The van der Waals surface area contributed by atoms with Crippen LogP contribution in [0, 0.1) is 5.92 Å². The highest BCUT2D eigenvalue weighted by Crippen LogP contribution is 2.39. The normalized spacial score (nSPS) is 18.1. The van der Waals surface area contributed by atoms with Crippen LogP contribution in [0.1, 0.15) is 30.9 Å². The summed E-state index contributed by atoms with van der Waals surface area (Å²) in [6.07, 6.45) is -2.42. The quantitative estimate of drug-likeness (QED) is 0.878. The van der Waals surface area contributed by atoms with E-state index >= 15 is 0 Å². The van der Waals surface area contributed by atoms with Gasteiger partial charge >= 0.3 is 6.18 Å². The van der Waals surface area contributed by atoms with Gasteiger partial charge in [-0.1, -0.05) is 18.2 Å². The van der Waals surface area contributed by atoms with Gasteiger partial charge in [-0.05, 0) is 37.3 Å². The molecule has 3 N–H and O–H groups in total. The van der Waals surface area contributed by atoms with Crippen LogP contribution in [0.3, 0.4) is 0 Å². The molecule has 0 aliphatic heterocycles. The van der Waals surface area contributed by atoms with E-state index in [4.69, 9.17) is 5.73 Å². The fourth-order valence-electron chi connectivity index (χ4n) is 2.45. The maximum Gasteiger partial charge on any atom is 0.416 e. The first-order chi connectivity index (χ1) is 9.74. The van der Waals surface area contributed by atoms with Gasteiger partial charge in [-0.3, -0.25) is 4.79 Å². The molecule has 1 atom stereocenters. The highest BCUT2D eigenvalue weighted by molar-refractivity contribution is 5.79. The second kappa shape index (κ2) is 5.67. The zero-order chi connectivity index (χ0) is 15.7. The van der Waals surface area contributed by atoms with Crippen molar-refractivity contribution in [3.63, 3.8) is 0 Å². The minimum atomic E-state index is -4.40. The summed E-state index contributed by atoms with van der Waals surface area (Å²) in [6, 6.07) is 4.84. The van der Waals surface area contributed by atoms with E-state index in [1.54, 1.807) is 0 Å². The van der Waals surface area contributed by atoms with Crippen molar-refractivity contribution in [3.05, 3.63) is 35.4 Å². The van der Waals surface area contributed by atoms with Gasteiger partial charge in [0.25, 0.3) is 0 Å². The third-order valence-corrected chi connectivity index (χ3v) is 3.95. The molecule has 21 heavy (non-hydrogen) atoms. The second-order valence-electron chi connectivity index (χ2n) is 5.82. The highest BCUT2D eigenvalue weighted by Gasteiger charge is 2.41. The van der Waals surface area contributed by atoms with Gasteiger partial charge in [0.2, 0.25) is 5.91 Å². The van der Waals surface area contributed by atoms with Gasteiger partial charge < -0.3 is 11.1 Å². The first kappa shape index (κ1) is 15.8. The molecule has 1 amide bonds. The highest BCUT2D eigenvalue weighted by atomic mass is 19.4. The lowest BCUT2D eigenvalue weighted by Crippen LogP contribution is -2.53. The number of halogens is 3. The van der Waals surface area contributed by atoms with Crippen molar-refractivity contribution in [1.29, 1.82) is 0 Å². The maximum atomic E-state index is 12.6. The number of alkyl halides is 3. The van der Waals surface area contributed by atoms with E-state index in [0.717, 1.165) is 25.0 Å². The molecule has 0 radical (unpaired) electrons. The van der Waals surface area contributed by atoms with Crippen LogP contribution in [-0.2, 0) is 17.4 Å². The summed E-state index contributed by atoms with van der Waals surface area (Å²) in [5.74, 6) is 0.0714. The fourth-order valence-corrected chi connectivity index (χ4v) is 2.45. The van der Waals surface area contributed by atoms with Crippen LogP contribution in [0.5, 0.6) is 0 Å². The molecule has 0 saturated heterocycles. The van der Waals surface area contributed by atoms with Gasteiger partial charge in [-0.15, -0.1) is 0 Å². The van der Waals surface area contributed by atoms with E-state index in [9.17, 15) is 18.0 Å². The van der Waals surface area contributed by atoms with Gasteiger partial charge in [0.05, 0.1) is 17.5 Å². The van der Waals surface area contributed by atoms with E-state index in [2.05, 4.69) is 5.32 Å². The number of nitrogens with one attached hydrogen (secondary N) is 1. The van der Waals surface area contributed by atoms with Crippen molar-refractivity contribution in [2.45, 2.75) is 37.9 Å². The van der Waals surface area contributed by atoms with E-state index < -0.39 is 17.3 Å². The Hall–Kier alpha value is -1.56. The van der Waals surface area contributed by atoms with Crippen molar-refractivity contribution in [1.82, 2.24) is 5.32 Å². The summed E-state index contributed by atoms with van der Waals surface area (Å²) in [4.78, 5) is 12.0. The Morgan fingerprint density at radius 1 is 1.38 bits per heavy atom. The molecule has 1 aliphatic carbocycles. The molecule has 3 nitrogen and oxygen atoms in total. The Labute approximate surface area is 121 Å². The van der Waals surface area contributed by atoms with E-state index in [-0.39, 0.29) is 12.3 Å². The van der Waals surface area contributed by atoms with E-state index in [0.29, 0.717) is 18.0 Å². The predicted molar refractivity (Wildman–Crippen MR) is 73.5 cm³/mol. The topological polar surface area (TPSA) is 55.1 Å². The number of carbonyl (C=O) groups is 1. The predicted octanol–water partition coefficient (Wildman–Crippen LogP) is 2.49. The summed E-state index contributed by atoms with van der Waals surface area (Å²) in [5, 5.41) is 2.87. The number of amides is 1. The van der Waals surface area contributed by atoms with Crippen molar-refractivity contribution < 1.29 is 18.0 Å². The fraction of sp³-hybridized carbons (Fsp3) is 0.533. The monoisotopic (exact) mass is 300 g/mol. The lowest BCUT2D eigenvalue weighted by atomic mass is 9.95. The van der Waals surface area contributed by atoms with Crippen LogP contribution in [-0.4, -0.2) is 18.0 Å². The maximum absolute atomic E-state index is 12.6. The van der Waals surface area contributed by atoms with Crippen LogP contribution in [0.4, 0.5) is 13.2 Å². The minimum Gasteiger partial charge on any atom is -0.349 e. The van der Waals surface area contributed by atoms with Gasteiger partial charge in [0.1, 0.15) is 0 Å². The summed E-state index contributed by atoms with van der Waals surface area (Å²) in [5.41, 5.74) is 4.85. The molecule has 1 aromatic rings. The first-order valence-electron chi connectivity index (χ1n) is 6.92. The lowest BCUT2D eigenvalue weighted by Gasteiger charge is -2.29. The number of hydrogen-bond donors (Lipinski definition) is 2. The molecule has 6 heteroatoms. The average Bonchev–Trinajstić information content (AvgIpc) is 3.22. The third-order valence-electron chi connectivity index (χ3n) is 3.95. The summed E-state index contributed by atoms with van der Waals surface area (Å²) < 4.78 is 37.9. The molecule has 0 heterocycles. The molecule has 0 bridgehead atoms. The molecule has 116 valence electrons. The smallest absolute Gasteiger partial charge is 0.349 e. The molecule has 1 aliphatic rings. The van der Waals surface area contributed by atoms with Crippen LogP contribution in [0.2, 0.25) is 0 Å². The first-order valence-corrected chi connectivity index (χ1v) is 6.92. The second-order valence-corrected chi connectivity index (χ2v) is 5.82. The number of rotatable bonds is 5. The molecular weight excluding hydrogens is 281 g/mol. The summed E-state index contributed by atoms with van der Waals surface area (Å²) >= 11 is 0. The number of carbonyl (C=O) groups excluding carboxylic acids is 1. The Kier molecular flexibility index (Phi) is 4.27. The van der Waals surface area contributed by atoms with Crippen LogP contribution in [0.15, 0.2) is 24.3 Å². The molecule has 1 fully saturated rings. The zero-order valence-corrected chi connectivity index (χ0v) is 11.8. The molecule has 2 rings (SSSR count). The number of hydrogen-bond acceptors (Lipinski definition) is 2. The van der Waals surface area contributed by atoms with Crippen molar-refractivity contribution in [3.8, 4) is 0 Å². The lowest BCUT2D eigenvalue weighted by molar-refractivity contribution is -0.137. The Morgan fingerprint density at radius 3 is 2.57 bits per heavy atom. The van der Waals surface area contributed by atoms with Crippen molar-refractivity contribution in [2.24, 2.45) is 11.7 Å². The molecular formula is C15H19F3N2O. The van der Waals surface area contributed by atoms with Crippen LogP contribution < -0.4 is 11.1 Å². The standard InChI is InChI=1S/C15H19F3N2O/c1-14(9-19,11-5-6-11)20-13(21)8-10-3-2-4-12(7-10)15(16,17)18/h2-4,7,11H,5-6,8-9,19H2,1H3,(H,20,21). The molecule has 0 aromatic heterocycles. The molecule has 1 unspecified atom stereocenters. The Bertz CT molecular complexity index is 526. The van der Waals surface area contributed by atoms with Crippen LogP contribution >= 0.6 is 0 Å². The Morgan fingerprint density at radius 2 is 2.05 bits per heavy atom. The van der Waals surface area contributed by atoms with Gasteiger partial charge in [0, 0.05) is 6.54 Å². The van der Waals surface area contributed by atoms with Crippen molar-refractivity contribution in [2.75, 3.05) is 6.54 Å². The van der Waals surface area contributed by atoms with E-state index in [1.165, 1.54) is 12.1 Å². The molecule has 1 aromatic carbocycles. The average molecular weight is 300 g/mol. The number of nitrogens with two attached hydrogens (primary N) is 1. The van der Waals surface area contributed by atoms with Gasteiger partial charge in [-0.2, -0.15) is 13.2 Å². The third kappa shape index (κ3) is 3.97. The summed E-state index contributed by atoms with van der Waals surface area (Å²) in [7, 11) is 0. The largest absolute Gasteiger partial charge is 0.416 e. The molecule has 1 saturated carbocycles. The van der Waals surface area contributed by atoms with E-state index in [1.807, 2.05) is 6.92 Å². The summed E-state index contributed by atoms with van der Waals surface area (Å²) in [6.45, 7) is 2.21. The molecule has 0 spiro atoms. The minimum absolute atomic E-state index is 0.0772. The van der Waals surface area contributed by atoms with Gasteiger partial charge in [-0.25, -0.2) is 0 Å². The SMILES string of the molecule is CC(CN)(NC(=O)Cc1cccc(C(F)(F)F)c1)C1CC1.